The van der Waals surface area contributed by atoms with Crippen LogP contribution >= 0.6 is 11.6 Å². The van der Waals surface area contributed by atoms with Gasteiger partial charge in [-0.15, -0.1) is 0 Å². The van der Waals surface area contributed by atoms with E-state index in [1.165, 1.54) is 49.7 Å². The standard InChI is InChI=1S/C12H10ClNO4S/c1-18-12(15)11-3-2-8-14(11)19(16,17)10-6-4-9(13)5-7-10/h2-8H,1H3. The summed E-state index contributed by atoms with van der Waals surface area (Å²) in [5, 5.41) is 0.430. The number of ether oxygens (including phenoxy) is 1. The van der Waals surface area contributed by atoms with Gasteiger partial charge in [0, 0.05) is 11.2 Å². The molecular weight excluding hydrogens is 290 g/mol. The Morgan fingerprint density at radius 2 is 1.84 bits per heavy atom. The van der Waals surface area contributed by atoms with Gasteiger partial charge in [-0.25, -0.2) is 17.2 Å². The van der Waals surface area contributed by atoms with Gasteiger partial charge in [0.1, 0.15) is 5.69 Å². The topological polar surface area (TPSA) is 65.4 Å². The molecule has 1 aromatic heterocycles. The van der Waals surface area contributed by atoms with Crippen molar-refractivity contribution in [2.75, 3.05) is 7.11 Å². The van der Waals surface area contributed by atoms with E-state index in [9.17, 15) is 13.2 Å². The fraction of sp³-hybridized carbons (Fsp3) is 0.0833. The van der Waals surface area contributed by atoms with E-state index in [1.54, 1.807) is 0 Å². The summed E-state index contributed by atoms with van der Waals surface area (Å²) < 4.78 is 30.1. The van der Waals surface area contributed by atoms with Crippen LogP contribution in [0.2, 0.25) is 5.02 Å². The van der Waals surface area contributed by atoms with Crippen LogP contribution in [0.15, 0.2) is 47.5 Å². The predicted octanol–water partition coefficient (Wildman–Crippen LogP) is 2.17. The van der Waals surface area contributed by atoms with Crippen molar-refractivity contribution in [2.24, 2.45) is 0 Å². The number of carbonyl (C=O) groups is 1. The number of esters is 1. The van der Waals surface area contributed by atoms with E-state index in [-0.39, 0.29) is 10.6 Å². The van der Waals surface area contributed by atoms with Gasteiger partial charge in [-0.2, -0.15) is 0 Å². The molecular formula is C12H10ClNO4S. The number of methoxy groups -OCH3 is 1. The first kappa shape index (κ1) is 13.6. The number of benzene rings is 1. The summed E-state index contributed by atoms with van der Waals surface area (Å²) in [4.78, 5) is 11.5. The van der Waals surface area contributed by atoms with Crippen LogP contribution in [-0.2, 0) is 14.8 Å². The van der Waals surface area contributed by atoms with E-state index in [2.05, 4.69) is 4.74 Å². The van der Waals surface area contributed by atoms with Crippen LogP contribution < -0.4 is 0 Å². The molecule has 7 heteroatoms. The molecule has 2 rings (SSSR count). The van der Waals surface area contributed by atoms with Crippen LogP contribution in [-0.4, -0.2) is 25.5 Å². The first-order valence-corrected chi connectivity index (χ1v) is 7.05. The Hall–Kier alpha value is -1.79. The molecule has 2 aromatic rings. The molecule has 1 heterocycles. The van der Waals surface area contributed by atoms with Crippen molar-refractivity contribution >= 4 is 27.6 Å². The fourth-order valence-electron chi connectivity index (χ4n) is 1.56. The molecule has 0 aliphatic rings. The molecule has 5 nitrogen and oxygen atoms in total. The molecule has 0 radical (unpaired) electrons. The Balaban J connectivity index is 2.54. The summed E-state index contributed by atoms with van der Waals surface area (Å²) >= 11 is 5.72. The van der Waals surface area contributed by atoms with Gasteiger partial charge in [-0.1, -0.05) is 11.6 Å². The molecule has 1 aromatic carbocycles. The zero-order chi connectivity index (χ0) is 14.0. The number of halogens is 1. The second-order valence-electron chi connectivity index (χ2n) is 3.64. The lowest BCUT2D eigenvalue weighted by molar-refractivity contribution is 0.0593. The lowest BCUT2D eigenvalue weighted by Crippen LogP contribution is -2.18. The number of aromatic nitrogens is 1. The molecule has 0 bridgehead atoms. The van der Waals surface area contributed by atoms with Crippen molar-refractivity contribution in [3.05, 3.63) is 53.3 Å². The van der Waals surface area contributed by atoms with E-state index in [1.807, 2.05) is 0 Å². The smallest absolute Gasteiger partial charge is 0.355 e. The van der Waals surface area contributed by atoms with Gasteiger partial charge in [0.2, 0.25) is 0 Å². The highest BCUT2D eigenvalue weighted by atomic mass is 35.5. The molecule has 100 valence electrons. The summed E-state index contributed by atoms with van der Waals surface area (Å²) in [5.41, 5.74) is -0.0579. The molecule has 0 saturated carbocycles. The number of nitrogens with zero attached hydrogens (tertiary/aromatic N) is 1. The highest BCUT2D eigenvalue weighted by Crippen LogP contribution is 2.19. The summed E-state index contributed by atoms with van der Waals surface area (Å²) in [6, 6.07) is 8.52. The van der Waals surface area contributed by atoms with E-state index < -0.39 is 16.0 Å². The first-order valence-electron chi connectivity index (χ1n) is 5.23. The third-order valence-electron chi connectivity index (χ3n) is 2.48. The lowest BCUT2D eigenvalue weighted by atomic mass is 10.4. The number of carbonyl (C=O) groups excluding carboxylic acids is 1. The van der Waals surface area contributed by atoms with E-state index >= 15 is 0 Å². The van der Waals surface area contributed by atoms with Gasteiger partial charge in [-0.05, 0) is 36.4 Å². The van der Waals surface area contributed by atoms with Crippen LogP contribution in [0.5, 0.6) is 0 Å². The quantitative estimate of drug-likeness (QED) is 0.815. The van der Waals surface area contributed by atoms with E-state index in [0.29, 0.717) is 5.02 Å². The predicted molar refractivity (Wildman–Crippen MR) is 69.8 cm³/mol. The van der Waals surface area contributed by atoms with Crippen molar-refractivity contribution in [2.45, 2.75) is 4.90 Å². The lowest BCUT2D eigenvalue weighted by Gasteiger charge is -2.09. The van der Waals surface area contributed by atoms with Crippen LogP contribution in [0.25, 0.3) is 0 Å². The monoisotopic (exact) mass is 299 g/mol. The summed E-state index contributed by atoms with van der Waals surface area (Å²) in [5.74, 6) is -0.720. The SMILES string of the molecule is COC(=O)c1cccn1S(=O)(=O)c1ccc(Cl)cc1. The van der Waals surface area contributed by atoms with Gasteiger partial charge in [0.15, 0.2) is 0 Å². The molecule has 0 unspecified atom stereocenters. The maximum Gasteiger partial charge on any atom is 0.355 e. The van der Waals surface area contributed by atoms with Crippen molar-refractivity contribution < 1.29 is 17.9 Å². The Kier molecular flexibility index (Phi) is 3.64. The fourth-order valence-corrected chi connectivity index (χ4v) is 3.02. The number of rotatable bonds is 3. The zero-order valence-electron chi connectivity index (χ0n) is 9.91. The molecule has 0 N–H and O–H groups in total. The summed E-state index contributed by atoms with van der Waals surface area (Å²) in [6.45, 7) is 0. The molecule has 0 spiro atoms. The maximum absolute atomic E-state index is 12.4. The summed E-state index contributed by atoms with van der Waals surface area (Å²) in [7, 11) is -2.65. The van der Waals surface area contributed by atoms with Crippen molar-refractivity contribution in [1.82, 2.24) is 3.97 Å². The average molecular weight is 300 g/mol. The number of hydrogen-bond donors (Lipinski definition) is 0. The second kappa shape index (κ2) is 5.07. The third kappa shape index (κ3) is 2.50. The Morgan fingerprint density at radius 3 is 2.42 bits per heavy atom. The second-order valence-corrected chi connectivity index (χ2v) is 5.89. The number of hydrogen-bond acceptors (Lipinski definition) is 4. The van der Waals surface area contributed by atoms with Gasteiger partial charge in [-0.3, -0.25) is 0 Å². The minimum Gasteiger partial charge on any atom is -0.464 e. The zero-order valence-corrected chi connectivity index (χ0v) is 11.5. The van der Waals surface area contributed by atoms with Gasteiger partial charge in [0.25, 0.3) is 10.0 Å². The van der Waals surface area contributed by atoms with Crippen molar-refractivity contribution in [3.8, 4) is 0 Å². The van der Waals surface area contributed by atoms with Crippen LogP contribution in [0.1, 0.15) is 10.5 Å². The van der Waals surface area contributed by atoms with Gasteiger partial charge < -0.3 is 4.74 Å². The minimum absolute atomic E-state index is 0.0400. The molecule has 0 atom stereocenters. The average Bonchev–Trinajstić information content (AvgIpc) is 2.88. The highest BCUT2D eigenvalue weighted by Gasteiger charge is 2.22. The van der Waals surface area contributed by atoms with E-state index in [0.717, 1.165) is 3.97 Å². The molecule has 0 amide bonds. The van der Waals surface area contributed by atoms with Crippen LogP contribution in [0, 0.1) is 0 Å². The van der Waals surface area contributed by atoms with E-state index in [4.69, 9.17) is 11.6 Å². The Bertz CT molecular complexity index is 704. The minimum atomic E-state index is -3.84. The molecule has 0 aliphatic heterocycles. The summed E-state index contributed by atoms with van der Waals surface area (Å²) in [6.07, 6.45) is 1.29. The van der Waals surface area contributed by atoms with Crippen molar-refractivity contribution in [1.29, 1.82) is 0 Å². The largest absolute Gasteiger partial charge is 0.464 e. The molecule has 0 saturated heterocycles. The van der Waals surface area contributed by atoms with Gasteiger partial charge >= 0.3 is 5.97 Å². The maximum atomic E-state index is 12.4. The van der Waals surface area contributed by atoms with Crippen LogP contribution in [0.4, 0.5) is 0 Å². The normalized spacial score (nSPS) is 11.3. The molecule has 0 aliphatic carbocycles. The Morgan fingerprint density at radius 1 is 1.21 bits per heavy atom. The first-order chi connectivity index (χ1) is 8.96. The van der Waals surface area contributed by atoms with Gasteiger partial charge in [0.05, 0.1) is 12.0 Å². The Labute approximate surface area is 115 Å². The van der Waals surface area contributed by atoms with Crippen molar-refractivity contribution in [3.63, 3.8) is 0 Å². The molecule has 19 heavy (non-hydrogen) atoms. The van der Waals surface area contributed by atoms with Crippen LogP contribution in [0.3, 0.4) is 0 Å². The third-order valence-corrected chi connectivity index (χ3v) is 4.43. The highest BCUT2D eigenvalue weighted by molar-refractivity contribution is 7.90. The molecule has 0 fully saturated rings.